The van der Waals surface area contributed by atoms with E-state index in [2.05, 4.69) is 26.0 Å². The lowest BCUT2D eigenvalue weighted by Gasteiger charge is -2.25. The molecule has 1 N–H and O–H groups in total. The van der Waals surface area contributed by atoms with E-state index in [4.69, 9.17) is 0 Å². The summed E-state index contributed by atoms with van der Waals surface area (Å²) < 4.78 is 0. The Morgan fingerprint density at radius 2 is 1.85 bits per heavy atom. The molecule has 0 radical (unpaired) electrons. The van der Waals surface area contributed by atoms with E-state index in [9.17, 15) is 5.11 Å². The highest BCUT2D eigenvalue weighted by Gasteiger charge is 2.20. The molecular formula is C12H18O. The van der Waals surface area contributed by atoms with E-state index in [0.717, 1.165) is 12.8 Å². The smallest absolute Gasteiger partial charge is 0.0487 e. The summed E-state index contributed by atoms with van der Waals surface area (Å²) in [4.78, 5) is 0. The highest BCUT2D eigenvalue weighted by molar-refractivity contribution is 5.16. The van der Waals surface area contributed by atoms with Crippen LogP contribution in [0.3, 0.4) is 0 Å². The second kappa shape index (κ2) is 4.43. The quantitative estimate of drug-likeness (QED) is 0.751. The van der Waals surface area contributed by atoms with E-state index < -0.39 is 0 Å². The van der Waals surface area contributed by atoms with Crippen LogP contribution in [-0.4, -0.2) is 11.7 Å². The van der Waals surface area contributed by atoms with E-state index in [1.54, 1.807) is 0 Å². The van der Waals surface area contributed by atoms with Gasteiger partial charge < -0.3 is 5.11 Å². The van der Waals surface area contributed by atoms with E-state index >= 15 is 0 Å². The second-order valence-corrected chi connectivity index (χ2v) is 3.98. The predicted octanol–water partition coefficient (Wildman–Crippen LogP) is 2.64. The van der Waals surface area contributed by atoms with Crippen molar-refractivity contribution in [2.75, 3.05) is 6.61 Å². The molecule has 0 aromatic heterocycles. The summed E-state index contributed by atoms with van der Waals surface area (Å²) in [6, 6.07) is 10.3. The largest absolute Gasteiger partial charge is 0.396 e. The molecule has 0 fully saturated rings. The molecule has 1 atom stereocenters. The van der Waals surface area contributed by atoms with E-state index in [1.807, 2.05) is 18.2 Å². The Morgan fingerprint density at radius 1 is 1.23 bits per heavy atom. The van der Waals surface area contributed by atoms with Gasteiger partial charge in [-0.2, -0.15) is 0 Å². The van der Waals surface area contributed by atoms with Crippen molar-refractivity contribution < 1.29 is 5.11 Å². The molecule has 1 aromatic carbocycles. The van der Waals surface area contributed by atoms with E-state index in [1.165, 1.54) is 5.56 Å². The third kappa shape index (κ3) is 2.85. The first-order valence-corrected chi connectivity index (χ1v) is 4.85. The van der Waals surface area contributed by atoms with Crippen molar-refractivity contribution in [1.29, 1.82) is 0 Å². The summed E-state index contributed by atoms with van der Waals surface area (Å²) in [6.45, 7) is 4.51. The van der Waals surface area contributed by atoms with Crippen LogP contribution >= 0.6 is 0 Å². The third-order valence-corrected chi connectivity index (χ3v) is 2.71. The molecule has 1 aromatic rings. The lowest BCUT2D eigenvalue weighted by molar-refractivity contribution is 0.138. The highest BCUT2D eigenvalue weighted by atomic mass is 16.3. The zero-order chi connectivity index (χ0) is 9.73. The Kier molecular flexibility index (Phi) is 3.49. The van der Waals surface area contributed by atoms with Crippen LogP contribution in [0.4, 0.5) is 0 Å². The van der Waals surface area contributed by atoms with Crippen LogP contribution in [0.25, 0.3) is 0 Å². The Hall–Kier alpha value is -0.820. The summed E-state index contributed by atoms with van der Waals surface area (Å²) in [5.41, 5.74) is 1.35. The average Bonchev–Trinajstić information content (AvgIpc) is 2.19. The monoisotopic (exact) mass is 178 g/mol. The molecule has 72 valence electrons. The van der Waals surface area contributed by atoms with Crippen molar-refractivity contribution >= 4 is 0 Å². The minimum atomic E-state index is 0.0430. The van der Waals surface area contributed by atoms with Gasteiger partial charge in [-0.3, -0.25) is 0 Å². The Labute approximate surface area is 80.4 Å². The van der Waals surface area contributed by atoms with Gasteiger partial charge >= 0.3 is 0 Å². The topological polar surface area (TPSA) is 20.2 Å². The van der Waals surface area contributed by atoms with Crippen LogP contribution < -0.4 is 0 Å². The SMILES string of the molecule is CCC(C)(CO)Cc1ccccc1. The number of aliphatic hydroxyl groups excluding tert-OH is 1. The van der Waals surface area contributed by atoms with Crippen LogP contribution in [0, 0.1) is 5.41 Å². The highest BCUT2D eigenvalue weighted by Crippen LogP contribution is 2.25. The van der Waals surface area contributed by atoms with E-state index in [0.29, 0.717) is 0 Å². The van der Waals surface area contributed by atoms with E-state index in [-0.39, 0.29) is 12.0 Å². The van der Waals surface area contributed by atoms with Crippen LogP contribution in [0.15, 0.2) is 30.3 Å². The zero-order valence-electron chi connectivity index (χ0n) is 8.46. The first-order chi connectivity index (χ1) is 6.20. The number of benzene rings is 1. The molecular weight excluding hydrogens is 160 g/mol. The molecule has 0 heterocycles. The van der Waals surface area contributed by atoms with Crippen LogP contribution in [-0.2, 0) is 6.42 Å². The van der Waals surface area contributed by atoms with Crippen molar-refractivity contribution in [2.24, 2.45) is 5.41 Å². The molecule has 0 aliphatic rings. The maximum atomic E-state index is 9.25. The average molecular weight is 178 g/mol. The molecule has 1 nitrogen and oxygen atoms in total. The first-order valence-electron chi connectivity index (χ1n) is 4.85. The minimum absolute atomic E-state index is 0.0430. The van der Waals surface area contributed by atoms with Crippen molar-refractivity contribution in [3.63, 3.8) is 0 Å². The summed E-state index contributed by atoms with van der Waals surface area (Å²) >= 11 is 0. The van der Waals surface area contributed by atoms with Gasteiger partial charge in [-0.15, -0.1) is 0 Å². The van der Waals surface area contributed by atoms with Gasteiger partial charge in [-0.25, -0.2) is 0 Å². The maximum absolute atomic E-state index is 9.25. The first kappa shape index (κ1) is 10.3. The van der Waals surface area contributed by atoms with Crippen LogP contribution in [0.2, 0.25) is 0 Å². The Bertz CT molecular complexity index is 237. The Morgan fingerprint density at radius 3 is 2.31 bits per heavy atom. The summed E-state index contributed by atoms with van der Waals surface area (Å²) in [5.74, 6) is 0. The second-order valence-electron chi connectivity index (χ2n) is 3.98. The molecule has 0 aliphatic carbocycles. The van der Waals surface area contributed by atoms with Gasteiger partial charge in [0.2, 0.25) is 0 Å². The van der Waals surface area contributed by atoms with Gasteiger partial charge in [0, 0.05) is 6.61 Å². The summed E-state index contributed by atoms with van der Waals surface area (Å²) in [7, 11) is 0. The normalized spacial score (nSPS) is 15.3. The summed E-state index contributed by atoms with van der Waals surface area (Å²) in [5, 5.41) is 9.25. The molecule has 0 saturated carbocycles. The lowest BCUT2D eigenvalue weighted by atomic mass is 9.82. The van der Waals surface area contributed by atoms with Gasteiger partial charge in [0.15, 0.2) is 0 Å². The molecule has 1 unspecified atom stereocenters. The molecule has 13 heavy (non-hydrogen) atoms. The number of hydrogen-bond acceptors (Lipinski definition) is 1. The number of rotatable bonds is 4. The van der Waals surface area contributed by atoms with Gasteiger partial charge in [0.25, 0.3) is 0 Å². The molecule has 0 saturated heterocycles. The summed E-state index contributed by atoms with van der Waals surface area (Å²) in [6.07, 6.45) is 1.97. The van der Waals surface area contributed by atoms with Crippen LogP contribution in [0.5, 0.6) is 0 Å². The van der Waals surface area contributed by atoms with Gasteiger partial charge in [0.05, 0.1) is 0 Å². The molecule has 0 aliphatic heterocycles. The van der Waals surface area contributed by atoms with Crippen molar-refractivity contribution in [3.05, 3.63) is 35.9 Å². The van der Waals surface area contributed by atoms with Gasteiger partial charge in [-0.05, 0) is 23.8 Å². The van der Waals surface area contributed by atoms with Gasteiger partial charge in [-0.1, -0.05) is 44.2 Å². The number of hydrogen-bond donors (Lipinski definition) is 1. The maximum Gasteiger partial charge on any atom is 0.0487 e. The lowest BCUT2D eigenvalue weighted by Crippen LogP contribution is -2.23. The predicted molar refractivity (Wildman–Crippen MR) is 55.6 cm³/mol. The molecule has 0 amide bonds. The molecule has 1 rings (SSSR count). The third-order valence-electron chi connectivity index (χ3n) is 2.71. The zero-order valence-corrected chi connectivity index (χ0v) is 8.46. The minimum Gasteiger partial charge on any atom is -0.396 e. The standard InChI is InChI=1S/C12H18O/c1-3-12(2,10-13)9-11-7-5-4-6-8-11/h4-8,13H,3,9-10H2,1-2H3. The molecule has 0 bridgehead atoms. The Balaban J connectivity index is 2.68. The van der Waals surface area contributed by atoms with Crippen molar-refractivity contribution in [3.8, 4) is 0 Å². The van der Waals surface area contributed by atoms with Crippen molar-refractivity contribution in [2.45, 2.75) is 26.7 Å². The fourth-order valence-electron chi connectivity index (χ4n) is 1.38. The molecule has 1 heteroatoms. The number of aliphatic hydroxyl groups is 1. The fourth-order valence-corrected chi connectivity index (χ4v) is 1.38. The fraction of sp³-hybridized carbons (Fsp3) is 0.500. The van der Waals surface area contributed by atoms with Crippen molar-refractivity contribution in [1.82, 2.24) is 0 Å². The van der Waals surface area contributed by atoms with Gasteiger partial charge in [0.1, 0.15) is 0 Å². The van der Waals surface area contributed by atoms with Crippen LogP contribution in [0.1, 0.15) is 25.8 Å². The molecule has 0 spiro atoms.